The molecule has 0 aliphatic heterocycles. The zero-order chi connectivity index (χ0) is 22.6. The minimum absolute atomic E-state index is 0.0871. The van der Waals surface area contributed by atoms with Crippen LogP contribution in [0.25, 0.3) is 0 Å². The van der Waals surface area contributed by atoms with Crippen LogP contribution in [0.2, 0.25) is 0 Å². The van der Waals surface area contributed by atoms with Crippen LogP contribution in [0.4, 0.5) is 17.1 Å². The lowest BCUT2D eigenvalue weighted by Crippen LogP contribution is -2.47. The number of nitro groups is 1. The van der Waals surface area contributed by atoms with Gasteiger partial charge in [0, 0.05) is 12.1 Å². The molecule has 0 aromatic heterocycles. The van der Waals surface area contributed by atoms with Crippen molar-refractivity contribution in [2.24, 2.45) is 0 Å². The maximum atomic E-state index is 13.1. The van der Waals surface area contributed by atoms with Crippen LogP contribution in [0, 0.1) is 24.0 Å². The Kier molecular flexibility index (Phi) is 7.04. The van der Waals surface area contributed by atoms with E-state index in [0.29, 0.717) is 5.69 Å². The molecule has 30 heavy (non-hydrogen) atoms. The van der Waals surface area contributed by atoms with Crippen LogP contribution in [-0.2, 0) is 14.8 Å². The average molecular weight is 436 g/mol. The molecule has 1 N–H and O–H groups in total. The van der Waals surface area contributed by atoms with E-state index in [1.165, 1.54) is 25.3 Å². The van der Waals surface area contributed by atoms with E-state index in [-0.39, 0.29) is 23.5 Å². The molecule has 1 amide bonds. The van der Waals surface area contributed by atoms with Crippen molar-refractivity contribution in [3.05, 3.63) is 57.6 Å². The van der Waals surface area contributed by atoms with Gasteiger partial charge >= 0.3 is 0 Å². The molecule has 0 bridgehead atoms. The number of amides is 1. The molecule has 0 saturated heterocycles. The molecule has 0 heterocycles. The highest BCUT2D eigenvalue weighted by Crippen LogP contribution is 2.30. The monoisotopic (exact) mass is 435 g/mol. The predicted molar refractivity (Wildman–Crippen MR) is 116 cm³/mol. The molecule has 0 unspecified atom stereocenters. The number of nitro benzene ring substituents is 1. The van der Waals surface area contributed by atoms with Gasteiger partial charge < -0.3 is 10.1 Å². The van der Waals surface area contributed by atoms with E-state index in [0.717, 1.165) is 21.7 Å². The zero-order valence-corrected chi connectivity index (χ0v) is 18.3. The summed E-state index contributed by atoms with van der Waals surface area (Å²) >= 11 is 0. The first-order valence-electron chi connectivity index (χ1n) is 9.19. The van der Waals surface area contributed by atoms with Crippen molar-refractivity contribution in [1.29, 1.82) is 0 Å². The third-order valence-corrected chi connectivity index (χ3v) is 5.62. The summed E-state index contributed by atoms with van der Waals surface area (Å²) in [6.45, 7) is 5.37. The van der Waals surface area contributed by atoms with Crippen LogP contribution in [0.5, 0.6) is 5.75 Å². The number of methoxy groups -OCH3 is 1. The number of anilines is 2. The van der Waals surface area contributed by atoms with Crippen molar-refractivity contribution < 1.29 is 22.9 Å². The van der Waals surface area contributed by atoms with Gasteiger partial charge in [-0.05, 0) is 49.6 Å². The summed E-state index contributed by atoms with van der Waals surface area (Å²) in [5.74, 6) is -0.401. The number of hydrogen-bond acceptors (Lipinski definition) is 6. The fourth-order valence-electron chi connectivity index (χ4n) is 3.26. The van der Waals surface area contributed by atoms with Gasteiger partial charge in [-0.25, -0.2) is 8.42 Å². The van der Waals surface area contributed by atoms with Gasteiger partial charge in [0.1, 0.15) is 11.8 Å². The van der Waals surface area contributed by atoms with E-state index in [9.17, 15) is 23.3 Å². The summed E-state index contributed by atoms with van der Waals surface area (Å²) in [4.78, 5) is 23.6. The normalized spacial score (nSPS) is 12.2. The van der Waals surface area contributed by atoms with Gasteiger partial charge in [-0.1, -0.05) is 13.0 Å². The highest BCUT2D eigenvalue weighted by atomic mass is 32.2. The molecular weight excluding hydrogens is 410 g/mol. The quantitative estimate of drug-likeness (QED) is 0.501. The predicted octanol–water partition coefficient (Wildman–Crippen LogP) is 3.40. The number of nitrogens with zero attached hydrogens (tertiary/aromatic N) is 2. The second-order valence-corrected chi connectivity index (χ2v) is 8.82. The summed E-state index contributed by atoms with van der Waals surface area (Å²) < 4.78 is 31.5. The molecule has 0 aliphatic carbocycles. The summed E-state index contributed by atoms with van der Waals surface area (Å²) in [6.07, 6.45) is 1.22. The molecule has 0 saturated carbocycles. The average Bonchev–Trinajstić information content (AvgIpc) is 2.63. The van der Waals surface area contributed by atoms with E-state index in [1.54, 1.807) is 19.1 Å². The van der Waals surface area contributed by atoms with E-state index >= 15 is 0 Å². The van der Waals surface area contributed by atoms with Crippen molar-refractivity contribution in [2.45, 2.75) is 33.2 Å². The van der Waals surface area contributed by atoms with E-state index in [4.69, 9.17) is 4.74 Å². The number of ether oxygens (including phenoxy) is 1. The zero-order valence-electron chi connectivity index (χ0n) is 17.5. The molecule has 2 rings (SSSR count). The maximum absolute atomic E-state index is 13.1. The van der Waals surface area contributed by atoms with Gasteiger partial charge in [0.15, 0.2) is 0 Å². The highest BCUT2D eigenvalue weighted by molar-refractivity contribution is 7.92. The number of carbonyl (C=O) groups excluding carboxylic acids is 1. The molecule has 0 fully saturated rings. The molecule has 0 radical (unpaired) electrons. The van der Waals surface area contributed by atoms with Gasteiger partial charge in [-0.2, -0.15) is 0 Å². The molecule has 9 nitrogen and oxygen atoms in total. The summed E-state index contributed by atoms with van der Waals surface area (Å²) in [7, 11) is -2.44. The number of rotatable bonds is 8. The van der Waals surface area contributed by atoms with Crippen molar-refractivity contribution in [3.8, 4) is 5.75 Å². The van der Waals surface area contributed by atoms with E-state index in [1.807, 2.05) is 19.9 Å². The number of non-ortho nitro benzene ring substituents is 1. The Morgan fingerprint density at radius 1 is 1.20 bits per heavy atom. The molecule has 0 aliphatic rings. The van der Waals surface area contributed by atoms with Crippen LogP contribution in [0.15, 0.2) is 36.4 Å². The van der Waals surface area contributed by atoms with Crippen LogP contribution >= 0.6 is 0 Å². The first kappa shape index (κ1) is 23.1. The minimum atomic E-state index is -3.80. The SMILES string of the molecule is CC[C@@H](C(=O)Nc1cc([N+](=O)[O-])ccc1OC)N(c1cc(C)cc(C)c1)S(C)(=O)=O. The van der Waals surface area contributed by atoms with Gasteiger partial charge in [0.2, 0.25) is 15.9 Å². The Balaban J connectivity index is 2.49. The largest absolute Gasteiger partial charge is 0.495 e. The van der Waals surface area contributed by atoms with Gasteiger partial charge in [0.05, 0.1) is 29.7 Å². The van der Waals surface area contributed by atoms with Crippen molar-refractivity contribution in [3.63, 3.8) is 0 Å². The Morgan fingerprint density at radius 2 is 1.80 bits per heavy atom. The van der Waals surface area contributed by atoms with Crippen molar-refractivity contribution in [1.82, 2.24) is 0 Å². The second kappa shape index (κ2) is 9.12. The van der Waals surface area contributed by atoms with Crippen LogP contribution in [0.1, 0.15) is 24.5 Å². The Labute approximate surface area is 175 Å². The fraction of sp³-hybridized carbons (Fsp3) is 0.350. The maximum Gasteiger partial charge on any atom is 0.271 e. The molecular formula is C20H25N3O6S. The fourth-order valence-corrected chi connectivity index (χ4v) is 4.46. The van der Waals surface area contributed by atoms with Gasteiger partial charge in [-0.3, -0.25) is 19.2 Å². The number of hydrogen-bond donors (Lipinski definition) is 1. The number of aryl methyl sites for hydroxylation is 2. The Bertz CT molecular complexity index is 1050. The Morgan fingerprint density at radius 3 is 2.27 bits per heavy atom. The summed E-state index contributed by atoms with van der Waals surface area (Å²) in [6, 6.07) is 8.02. The first-order valence-corrected chi connectivity index (χ1v) is 11.0. The molecule has 0 spiro atoms. The molecule has 1 atom stereocenters. The lowest BCUT2D eigenvalue weighted by atomic mass is 10.1. The smallest absolute Gasteiger partial charge is 0.271 e. The van der Waals surface area contributed by atoms with Crippen LogP contribution < -0.4 is 14.4 Å². The minimum Gasteiger partial charge on any atom is -0.495 e. The number of nitrogens with one attached hydrogen (secondary N) is 1. The number of carbonyl (C=O) groups is 1. The third kappa shape index (κ3) is 5.26. The number of benzene rings is 2. The summed E-state index contributed by atoms with van der Waals surface area (Å²) in [5, 5.41) is 13.7. The lowest BCUT2D eigenvalue weighted by molar-refractivity contribution is -0.384. The third-order valence-electron chi connectivity index (χ3n) is 4.44. The van der Waals surface area contributed by atoms with Crippen LogP contribution in [0.3, 0.4) is 0 Å². The van der Waals surface area contributed by atoms with Gasteiger partial charge in [-0.15, -0.1) is 0 Å². The molecule has 2 aromatic rings. The first-order chi connectivity index (χ1) is 14.0. The lowest BCUT2D eigenvalue weighted by Gasteiger charge is -2.30. The van der Waals surface area contributed by atoms with E-state index in [2.05, 4.69) is 5.32 Å². The van der Waals surface area contributed by atoms with E-state index < -0.39 is 26.9 Å². The second-order valence-electron chi connectivity index (χ2n) is 6.96. The molecule has 2 aromatic carbocycles. The van der Waals surface area contributed by atoms with Crippen molar-refractivity contribution >= 4 is 33.0 Å². The van der Waals surface area contributed by atoms with Crippen LogP contribution in [-0.4, -0.2) is 38.7 Å². The standard InChI is InChI=1S/C20H25N3O6S/c1-6-18(22(30(5,27)28)16-10-13(2)9-14(3)11-16)20(24)21-17-12-15(23(25)26)7-8-19(17)29-4/h7-12,18H,6H2,1-5H3,(H,21,24)/t18-/m0/s1. The topological polar surface area (TPSA) is 119 Å². The summed E-state index contributed by atoms with van der Waals surface area (Å²) in [5.41, 5.74) is 1.95. The number of sulfonamides is 1. The Hall–Kier alpha value is -3.14. The van der Waals surface area contributed by atoms with Crippen molar-refractivity contribution in [2.75, 3.05) is 23.0 Å². The molecule has 10 heteroatoms. The van der Waals surface area contributed by atoms with Gasteiger partial charge in [0.25, 0.3) is 5.69 Å². The highest BCUT2D eigenvalue weighted by Gasteiger charge is 2.32. The molecule has 162 valence electrons.